The van der Waals surface area contributed by atoms with Crippen LogP contribution in [0.5, 0.6) is 0 Å². The summed E-state index contributed by atoms with van der Waals surface area (Å²) in [4.78, 5) is 0. The van der Waals surface area contributed by atoms with E-state index in [1.165, 1.54) is 5.69 Å². The van der Waals surface area contributed by atoms with Crippen molar-refractivity contribution in [3.63, 3.8) is 0 Å². The van der Waals surface area contributed by atoms with Crippen molar-refractivity contribution in [3.8, 4) is 0 Å². The summed E-state index contributed by atoms with van der Waals surface area (Å²) in [5.74, 6) is 0.653. The van der Waals surface area contributed by atoms with Gasteiger partial charge in [-0.1, -0.05) is 27.7 Å². The van der Waals surface area contributed by atoms with Gasteiger partial charge in [-0.3, -0.25) is 4.68 Å². The minimum absolute atomic E-state index is 0.563. The summed E-state index contributed by atoms with van der Waals surface area (Å²) < 4.78 is 2.13. The molecule has 1 unspecified atom stereocenters. The Morgan fingerprint density at radius 3 is 2.59 bits per heavy atom. The van der Waals surface area contributed by atoms with Gasteiger partial charge in [0.1, 0.15) is 0 Å². The predicted octanol–water partition coefficient (Wildman–Crippen LogP) is 3.03. The highest BCUT2D eigenvalue weighted by Gasteiger charge is 2.10. The van der Waals surface area contributed by atoms with E-state index in [1.54, 1.807) is 0 Å². The van der Waals surface area contributed by atoms with Gasteiger partial charge >= 0.3 is 0 Å². The van der Waals surface area contributed by atoms with Gasteiger partial charge in [-0.15, -0.1) is 0 Å². The molecule has 98 valence electrons. The van der Waals surface area contributed by atoms with E-state index in [9.17, 15) is 0 Å². The molecule has 0 saturated carbocycles. The molecular formula is C14H27N3. The molecule has 1 heterocycles. The summed E-state index contributed by atoms with van der Waals surface area (Å²) in [6.07, 6.45) is 5.52. The Morgan fingerprint density at radius 1 is 1.29 bits per heavy atom. The lowest BCUT2D eigenvalue weighted by Crippen LogP contribution is -2.22. The van der Waals surface area contributed by atoms with Crippen LogP contribution < -0.4 is 5.32 Å². The fraction of sp³-hybridized carbons (Fsp3) is 0.786. The summed E-state index contributed by atoms with van der Waals surface area (Å²) >= 11 is 0. The molecule has 0 bridgehead atoms. The van der Waals surface area contributed by atoms with E-state index in [0.717, 1.165) is 32.4 Å². The third-order valence-corrected chi connectivity index (χ3v) is 3.28. The van der Waals surface area contributed by atoms with Crippen molar-refractivity contribution in [2.45, 2.75) is 53.0 Å². The van der Waals surface area contributed by atoms with Crippen molar-refractivity contribution < 1.29 is 0 Å². The topological polar surface area (TPSA) is 29.9 Å². The van der Waals surface area contributed by atoms with Crippen LogP contribution in [0, 0.1) is 5.92 Å². The molecule has 1 aromatic heterocycles. The third kappa shape index (κ3) is 4.50. The third-order valence-electron chi connectivity index (χ3n) is 3.28. The predicted molar refractivity (Wildman–Crippen MR) is 73.3 cm³/mol. The van der Waals surface area contributed by atoms with Crippen molar-refractivity contribution in [2.75, 3.05) is 13.1 Å². The van der Waals surface area contributed by atoms with Crippen LogP contribution in [0.25, 0.3) is 0 Å². The standard InChI is InChI=1S/C14H27N3/c1-5-14(6-2)17-9-8-13(16-17)10-12(4)11-15-7-3/h8-9,12,14-15H,5-7,10-11H2,1-4H3. The number of hydrogen-bond donors (Lipinski definition) is 1. The van der Waals surface area contributed by atoms with Gasteiger partial charge in [0.15, 0.2) is 0 Å². The van der Waals surface area contributed by atoms with Crippen LogP contribution >= 0.6 is 0 Å². The highest BCUT2D eigenvalue weighted by atomic mass is 15.3. The van der Waals surface area contributed by atoms with Crippen molar-refractivity contribution in [1.82, 2.24) is 15.1 Å². The minimum atomic E-state index is 0.563. The zero-order valence-corrected chi connectivity index (χ0v) is 11.7. The second-order valence-corrected chi connectivity index (χ2v) is 4.87. The number of nitrogens with zero attached hydrogens (tertiary/aromatic N) is 2. The number of aromatic nitrogens is 2. The SMILES string of the molecule is CCNCC(C)Cc1ccn(C(CC)CC)n1. The highest BCUT2D eigenvalue weighted by Crippen LogP contribution is 2.15. The lowest BCUT2D eigenvalue weighted by molar-refractivity contribution is 0.421. The molecule has 17 heavy (non-hydrogen) atoms. The van der Waals surface area contributed by atoms with Crippen molar-refractivity contribution in [3.05, 3.63) is 18.0 Å². The summed E-state index contributed by atoms with van der Waals surface area (Å²) in [5.41, 5.74) is 1.22. The molecule has 1 N–H and O–H groups in total. The molecule has 3 heteroatoms. The summed E-state index contributed by atoms with van der Waals surface area (Å²) in [7, 11) is 0. The van der Waals surface area contributed by atoms with Gasteiger partial charge in [0, 0.05) is 6.20 Å². The van der Waals surface area contributed by atoms with Gasteiger partial charge in [0.25, 0.3) is 0 Å². The lowest BCUT2D eigenvalue weighted by atomic mass is 10.1. The first-order valence-corrected chi connectivity index (χ1v) is 6.95. The maximum Gasteiger partial charge on any atom is 0.0627 e. The molecule has 0 fully saturated rings. The maximum atomic E-state index is 4.69. The van der Waals surface area contributed by atoms with Crippen LogP contribution in [-0.4, -0.2) is 22.9 Å². The first-order chi connectivity index (χ1) is 8.21. The van der Waals surface area contributed by atoms with Crippen molar-refractivity contribution in [2.24, 2.45) is 5.92 Å². The molecule has 0 aliphatic heterocycles. The van der Waals surface area contributed by atoms with E-state index in [4.69, 9.17) is 0 Å². The molecule has 1 atom stereocenters. The molecule has 0 spiro atoms. The molecule has 0 aliphatic rings. The Bertz CT molecular complexity index is 302. The van der Waals surface area contributed by atoms with Gasteiger partial charge in [0.2, 0.25) is 0 Å². The van der Waals surface area contributed by atoms with Crippen molar-refractivity contribution in [1.29, 1.82) is 0 Å². The van der Waals surface area contributed by atoms with E-state index < -0.39 is 0 Å². The van der Waals surface area contributed by atoms with Crippen LogP contribution in [0.1, 0.15) is 52.3 Å². The molecular weight excluding hydrogens is 210 g/mol. The van der Waals surface area contributed by atoms with Gasteiger partial charge in [-0.05, 0) is 44.3 Å². The van der Waals surface area contributed by atoms with E-state index in [-0.39, 0.29) is 0 Å². The average Bonchev–Trinajstić information content (AvgIpc) is 2.76. The van der Waals surface area contributed by atoms with Crippen molar-refractivity contribution >= 4 is 0 Å². The Kier molecular flexibility index (Phi) is 6.27. The molecule has 0 saturated heterocycles. The molecule has 0 radical (unpaired) electrons. The second kappa shape index (κ2) is 7.49. The summed E-state index contributed by atoms with van der Waals surface area (Å²) in [6.45, 7) is 11.0. The fourth-order valence-corrected chi connectivity index (χ4v) is 2.17. The van der Waals surface area contributed by atoms with Crippen LogP contribution in [0.4, 0.5) is 0 Å². The molecule has 1 rings (SSSR count). The zero-order chi connectivity index (χ0) is 12.7. The Labute approximate surface area is 106 Å². The van der Waals surface area contributed by atoms with Gasteiger partial charge in [-0.25, -0.2) is 0 Å². The number of nitrogens with one attached hydrogen (secondary N) is 1. The van der Waals surface area contributed by atoms with Gasteiger partial charge in [-0.2, -0.15) is 5.10 Å². The Hall–Kier alpha value is -0.830. The molecule has 3 nitrogen and oxygen atoms in total. The monoisotopic (exact) mass is 237 g/mol. The minimum Gasteiger partial charge on any atom is -0.317 e. The van der Waals surface area contributed by atoms with Crippen LogP contribution in [0.2, 0.25) is 0 Å². The first-order valence-electron chi connectivity index (χ1n) is 6.95. The van der Waals surface area contributed by atoms with Gasteiger partial charge in [0.05, 0.1) is 11.7 Å². The normalized spacial score (nSPS) is 13.2. The molecule has 0 amide bonds. The van der Waals surface area contributed by atoms with E-state index in [2.05, 4.69) is 55.1 Å². The quantitative estimate of drug-likeness (QED) is 0.753. The zero-order valence-electron chi connectivity index (χ0n) is 11.7. The maximum absolute atomic E-state index is 4.69. The Morgan fingerprint density at radius 2 is 2.00 bits per heavy atom. The van der Waals surface area contributed by atoms with Crippen LogP contribution in [-0.2, 0) is 6.42 Å². The number of hydrogen-bond acceptors (Lipinski definition) is 2. The molecule has 0 aliphatic carbocycles. The van der Waals surface area contributed by atoms with E-state index in [0.29, 0.717) is 12.0 Å². The second-order valence-electron chi connectivity index (χ2n) is 4.87. The summed E-state index contributed by atoms with van der Waals surface area (Å²) in [5, 5.41) is 8.07. The molecule has 1 aromatic rings. The van der Waals surface area contributed by atoms with Gasteiger partial charge < -0.3 is 5.32 Å². The number of rotatable bonds is 8. The Balaban J connectivity index is 2.50. The lowest BCUT2D eigenvalue weighted by Gasteiger charge is -2.13. The summed E-state index contributed by atoms with van der Waals surface area (Å²) in [6, 6.07) is 2.73. The van der Waals surface area contributed by atoms with E-state index >= 15 is 0 Å². The largest absolute Gasteiger partial charge is 0.317 e. The smallest absolute Gasteiger partial charge is 0.0627 e. The van der Waals surface area contributed by atoms with Crippen LogP contribution in [0.15, 0.2) is 12.3 Å². The van der Waals surface area contributed by atoms with E-state index in [1.807, 2.05) is 0 Å². The highest BCUT2D eigenvalue weighted by molar-refractivity contribution is 5.01. The first kappa shape index (κ1) is 14.2. The van der Waals surface area contributed by atoms with Crippen LogP contribution in [0.3, 0.4) is 0 Å². The average molecular weight is 237 g/mol. The molecule has 0 aromatic carbocycles. The fourth-order valence-electron chi connectivity index (χ4n) is 2.17.